The summed E-state index contributed by atoms with van der Waals surface area (Å²) in [5.41, 5.74) is 1.72. The zero-order valence-corrected chi connectivity index (χ0v) is 13.0. The molecule has 1 N–H and O–H groups in total. The highest BCUT2D eigenvalue weighted by molar-refractivity contribution is 5.95. The Balaban J connectivity index is 1.55. The smallest absolute Gasteiger partial charge is 0.255 e. The molecule has 0 spiro atoms. The Labute approximate surface area is 126 Å². The molecule has 2 fully saturated rings. The van der Waals surface area contributed by atoms with Gasteiger partial charge in [-0.25, -0.2) is 0 Å². The topological polar surface area (TPSA) is 48.6 Å². The van der Waals surface area contributed by atoms with Gasteiger partial charge in [0, 0.05) is 38.1 Å². The van der Waals surface area contributed by atoms with Crippen LogP contribution in [0.1, 0.15) is 28.9 Å². The molecule has 2 aliphatic rings. The van der Waals surface area contributed by atoms with Crippen molar-refractivity contribution >= 4 is 5.91 Å². The van der Waals surface area contributed by atoms with Crippen LogP contribution in [-0.4, -0.2) is 66.6 Å². The van der Waals surface area contributed by atoms with Crippen molar-refractivity contribution in [2.75, 3.05) is 39.8 Å². The number of hydrogen-bond acceptors (Lipinski definition) is 3. The number of carbonyl (C=O) groups excluding carboxylic acids is 1. The molecule has 2 heterocycles. The molecule has 0 radical (unpaired) electrons. The molecule has 1 aliphatic heterocycles. The molecule has 1 saturated carbocycles. The minimum Gasteiger partial charge on any atom is -0.373 e. The Morgan fingerprint density at radius 3 is 2.95 bits per heavy atom. The zero-order chi connectivity index (χ0) is 14.8. The minimum absolute atomic E-state index is 0.117. The Bertz CT molecular complexity index is 495. The number of hydrogen-bond donors (Lipinski definition) is 1. The summed E-state index contributed by atoms with van der Waals surface area (Å²) < 4.78 is 5.84. The first-order valence-electron chi connectivity index (χ1n) is 7.87. The van der Waals surface area contributed by atoms with Crippen LogP contribution in [0.2, 0.25) is 0 Å². The van der Waals surface area contributed by atoms with Gasteiger partial charge in [-0.1, -0.05) is 0 Å². The van der Waals surface area contributed by atoms with E-state index in [1.807, 2.05) is 24.1 Å². The van der Waals surface area contributed by atoms with E-state index in [9.17, 15) is 4.79 Å². The summed E-state index contributed by atoms with van der Waals surface area (Å²) in [6.45, 7) is 6.02. The maximum atomic E-state index is 12.5. The molecule has 0 bridgehead atoms. The van der Waals surface area contributed by atoms with Crippen molar-refractivity contribution in [3.8, 4) is 0 Å². The van der Waals surface area contributed by atoms with E-state index in [4.69, 9.17) is 4.74 Å². The minimum atomic E-state index is 0.117. The lowest BCUT2D eigenvalue weighted by Gasteiger charge is -2.35. The normalized spacial score (nSPS) is 22.8. The third-order valence-electron chi connectivity index (χ3n) is 4.39. The van der Waals surface area contributed by atoms with Crippen LogP contribution in [-0.2, 0) is 4.74 Å². The van der Waals surface area contributed by atoms with Crippen LogP contribution in [0.3, 0.4) is 0 Å². The van der Waals surface area contributed by atoms with E-state index in [0.717, 1.165) is 30.3 Å². The lowest BCUT2D eigenvalue weighted by atomic mass is 10.2. The molecule has 1 atom stereocenters. The summed E-state index contributed by atoms with van der Waals surface area (Å²) in [5.74, 6) is 1.01. The number of likely N-dealkylation sites (N-methyl/N-ethyl adjacent to an activating group) is 1. The standard InChI is InChI=1S/C16H25N3O2/c1-12-15(5-6-17-12)16(20)19-7-8-21-14(11-19)10-18(2)9-13-3-4-13/h5-6,13-14,17H,3-4,7-11H2,1-2H3/t14-/m0/s1. The highest BCUT2D eigenvalue weighted by Crippen LogP contribution is 2.29. The molecule has 1 amide bonds. The Morgan fingerprint density at radius 1 is 1.48 bits per heavy atom. The fraction of sp³-hybridized carbons (Fsp3) is 0.688. The molecule has 3 rings (SSSR count). The van der Waals surface area contributed by atoms with Crippen LogP contribution in [0.5, 0.6) is 0 Å². The first-order chi connectivity index (χ1) is 10.1. The monoisotopic (exact) mass is 291 g/mol. The lowest BCUT2D eigenvalue weighted by molar-refractivity contribution is -0.0334. The van der Waals surface area contributed by atoms with Crippen molar-refractivity contribution < 1.29 is 9.53 Å². The summed E-state index contributed by atoms with van der Waals surface area (Å²) in [5, 5.41) is 0. The number of ether oxygens (including phenoxy) is 1. The fourth-order valence-corrected chi connectivity index (χ4v) is 3.03. The van der Waals surface area contributed by atoms with Gasteiger partial charge >= 0.3 is 0 Å². The van der Waals surface area contributed by atoms with Crippen LogP contribution >= 0.6 is 0 Å². The highest BCUT2D eigenvalue weighted by atomic mass is 16.5. The second kappa shape index (κ2) is 6.20. The average molecular weight is 291 g/mol. The van der Waals surface area contributed by atoms with Gasteiger partial charge in [-0.3, -0.25) is 4.79 Å². The van der Waals surface area contributed by atoms with Crippen molar-refractivity contribution in [1.29, 1.82) is 0 Å². The molecule has 21 heavy (non-hydrogen) atoms. The number of nitrogens with zero attached hydrogens (tertiary/aromatic N) is 2. The van der Waals surface area contributed by atoms with Gasteiger partial charge in [-0.2, -0.15) is 0 Å². The van der Waals surface area contributed by atoms with E-state index in [0.29, 0.717) is 19.7 Å². The molecule has 5 heteroatoms. The largest absolute Gasteiger partial charge is 0.373 e. The van der Waals surface area contributed by atoms with Crippen LogP contribution in [0, 0.1) is 12.8 Å². The van der Waals surface area contributed by atoms with Crippen LogP contribution in [0.25, 0.3) is 0 Å². The molecule has 5 nitrogen and oxygen atoms in total. The van der Waals surface area contributed by atoms with Crippen LogP contribution < -0.4 is 0 Å². The van der Waals surface area contributed by atoms with E-state index in [-0.39, 0.29) is 12.0 Å². The van der Waals surface area contributed by atoms with Gasteiger partial charge < -0.3 is 19.5 Å². The van der Waals surface area contributed by atoms with Gasteiger partial charge in [-0.15, -0.1) is 0 Å². The number of aromatic amines is 1. The maximum Gasteiger partial charge on any atom is 0.255 e. The third kappa shape index (κ3) is 3.66. The third-order valence-corrected chi connectivity index (χ3v) is 4.39. The number of nitrogens with one attached hydrogen (secondary N) is 1. The second-order valence-corrected chi connectivity index (χ2v) is 6.42. The molecule has 116 valence electrons. The average Bonchev–Trinajstić information content (AvgIpc) is 3.17. The SMILES string of the molecule is Cc1[nH]ccc1C(=O)N1CCO[C@@H](CN(C)CC2CC2)C1. The Morgan fingerprint density at radius 2 is 2.29 bits per heavy atom. The first kappa shape index (κ1) is 14.6. The summed E-state index contributed by atoms with van der Waals surface area (Å²) in [4.78, 5) is 19.9. The number of aryl methyl sites for hydroxylation is 1. The Hall–Kier alpha value is -1.33. The first-order valence-corrected chi connectivity index (χ1v) is 7.87. The summed E-state index contributed by atoms with van der Waals surface area (Å²) in [6, 6.07) is 1.86. The van der Waals surface area contributed by atoms with E-state index < -0.39 is 0 Å². The van der Waals surface area contributed by atoms with Gasteiger partial charge in [0.15, 0.2) is 0 Å². The number of carbonyl (C=O) groups is 1. The van der Waals surface area contributed by atoms with Crippen molar-refractivity contribution in [1.82, 2.24) is 14.8 Å². The molecule has 1 aromatic rings. The van der Waals surface area contributed by atoms with Crippen molar-refractivity contribution in [2.45, 2.75) is 25.9 Å². The predicted octanol–water partition coefficient (Wildman–Crippen LogP) is 1.51. The van der Waals surface area contributed by atoms with Crippen LogP contribution in [0.4, 0.5) is 0 Å². The zero-order valence-electron chi connectivity index (χ0n) is 13.0. The van der Waals surface area contributed by atoms with Gasteiger partial charge in [0.05, 0.1) is 18.3 Å². The van der Waals surface area contributed by atoms with Gasteiger partial charge in [0.25, 0.3) is 5.91 Å². The number of morpholine rings is 1. The number of rotatable bonds is 5. The van der Waals surface area contributed by atoms with Gasteiger partial charge in [0.2, 0.25) is 0 Å². The molecule has 0 aromatic carbocycles. The molecular weight excluding hydrogens is 266 g/mol. The number of aromatic nitrogens is 1. The fourth-order valence-electron chi connectivity index (χ4n) is 3.03. The molecule has 0 unspecified atom stereocenters. The highest BCUT2D eigenvalue weighted by Gasteiger charge is 2.28. The van der Waals surface area contributed by atoms with Crippen LogP contribution in [0.15, 0.2) is 12.3 Å². The van der Waals surface area contributed by atoms with E-state index in [1.165, 1.54) is 12.8 Å². The summed E-state index contributed by atoms with van der Waals surface area (Å²) in [7, 11) is 2.15. The lowest BCUT2D eigenvalue weighted by Crippen LogP contribution is -2.49. The van der Waals surface area contributed by atoms with Crippen molar-refractivity contribution in [3.63, 3.8) is 0 Å². The van der Waals surface area contributed by atoms with Crippen molar-refractivity contribution in [3.05, 3.63) is 23.5 Å². The predicted molar refractivity (Wildman–Crippen MR) is 81.4 cm³/mol. The number of H-pyrrole nitrogens is 1. The van der Waals surface area contributed by atoms with Gasteiger partial charge in [-0.05, 0) is 38.8 Å². The number of amides is 1. The molecule has 1 saturated heterocycles. The maximum absolute atomic E-state index is 12.5. The molecular formula is C16H25N3O2. The second-order valence-electron chi connectivity index (χ2n) is 6.42. The van der Waals surface area contributed by atoms with E-state index in [2.05, 4.69) is 16.9 Å². The van der Waals surface area contributed by atoms with Gasteiger partial charge in [0.1, 0.15) is 0 Å². The van der Waals surface area contributed by atoms with E-state index in [1.54, 1.807) is 0 Å². The Kier molecular flexibility index (Phi) is 4.31. The van der Waals surface area contributed by atoms with E-state index >= 15 is 0 Å². The summed E-state index contributed by atoms with van der Waals surface area (Å²) in [6.07, 6.45) is 4.69. The quantitative estimate of drug-likeness (QED) is 0.894. The molecule has 1 aliphatic carbocycles. The van der Waals surface area contributed by atoms with Crippen molar-refractivity contribution in [2.24, 2.45) is 5.92 Å². The summed E-state index contributed by atoms with van der Waals surface area (Å²) >= 11 is 0. The molecule has 1 aromatic heterocycles.